The Morgan fingerprint density at radius 3 is 2.53 bits per heavy atom. The van der Waals surface area contributed by atoms with Gasteiger partial charge in [-0.3, -0.25) is 4.79 Å². The first-order valence-electron chi connectivity index (χ1n) is 6.25. The summed E-state index contributed by atoms with van der Waals surface area (Å²) >= 11 is 0. The molecule has 1 aromatic heterocycles. The van der Waals surface area contributed by atoms with Crippen LogP contribution >= 0.6 is 0 Å². The molecule has 0 radical (unpaired) electrons. The average Bonchev–Trinajstić information content (AvgIpc) is 2.85. The van der Waals surface area contributed by atoms with Crippen LogP contribution in [0.3, 0.4) is 0 Å². The number of carbonyl (C=O) groups is 1. The van der Waals surface area contributed by atoms with Crippen LogP contribution in [0.15, 0.2) is 41.0 Å². The topological polar surface area (TPSA) is 68.3 Å². The number of rotatable bonds is 4. The Kier molecular flexibility index (Phi) is 4.02. The molecule has 3 N–H and O–H groups in total. The molecule has 100 valence electrons. The second-order valence-corrected chi connectivity index (χ2v) is 4.53. The maximum atomic E-state index is 12.0. The van der Waals surface area contributed by atoms with Crippen LogP contribution in [0.1, 0.15) is 40.2 Å². The van der Waals surface area contributed by atoms with Gasteiger partial charge in [-0.25, -0.2) is 0 Å². The van der Waals surface area contributed by atoms with Gasteiger partial charge in [0.05, 0.1) is 17.9 Å². The third kappa shape index (κ3) is 3.03. The molecule has 1 atom stereocenters. The van der Waals surface area contributed by atoms with Gasteiger partial charge in [0.25, 0.3) is 5.91 Å². The maximum absolute atomic E-state index is 12.0. The molecule has 1 heterocycles. The van der Waals surface area contributed by atoms with E-state index in [0.29, 0.717) is 17.9 Å². The van der Waals surface area contributed by atoms with E-state index in [9.17, 15) is 4.79 Å². The predicted octanol–water partition coefficient (Wildman–Crippen LogP) is 2.54. The van der Waals surface area contributed by atoms with E-state index in [1.54, 1.807) is 13.0 Å². The fourth-order valence-corrected chi connectivity index (χ4v) is 1.92. The average molecular weight is 258 g/mol. The van der Waals surface area contributed by atoms with Gasteiger partial charge >= 0.3 is 0 Å². The van der Waals surface area contributed by atoms with E-state index in [1.807, 2.05) is 31.2 Å². The molecule has 0 aliphatic carbocycles. The van der Waals surface area contributed by atoms with Gasteiger partial charge in [0.15, 0.2) is 0 Å². The summed E-state index contributed by atoms with van der Waals surface area (Å²) in [5, 5.41) is 2.95. The van der Waals surface area contributed by atoms with Gasteiger partial charge in [0, 0.05) is 6.54 Å². The monoisotopic (exact) mass is 258 g/mol. The summed E-state index contributed by atoms with van der Waals surface area (Å²) in [6, 6.07) is 9.52. The zero-order valence-corrected chi connectivity index (χ0v) is 11.1. The lowest BCUT2D eigenvalue weighted by molar-refractivity contribution is 0.0938. The number of hydrogen-bond donors (Lipinski definition) is 2. The van der Waals surface area contributed by atoms with Crippen molar-refractivity contribution < 1.29 is 9.21 Å². The van der Waals surface area contributed by atoms with Crippen LogP contribution in [0, 0.1) is 6.92 Å². The molecule has 1 amide bonds. The van der Waals surface area contributed by atoms with Crippen molar-refractivity contribution in [2.24, 2.45) is 5.73 Å². The summed E-state index contributed by atoms with van der Waals surface area (Å²) in [5.74, 6) is 0.504. The van der Waals surface area contributed by atoms with Crippen LogP contribution < -0.4 is 11.1 Å². The fraction of sp³-hybridized carbons (Fsp3) is 0.267. The van der Waals surface area contributed by atoms with E-state index < -0.39 is 0 Å². The highest BCUT2D eigenvalue weighted by Gasteiger charge is 2.14. The maximum Gasteiger partial charge on any atom is 0.255 e. The lowest BCUT2D eigenvalue weighted by Gasteiger charge is -2.14. The highest BCUT2D eigenvalue weighted by atomic mass is 16.3. The van der Waals surface area contributed by atoms with Crippen molar-refractivity contribution in [3.8, 4) is 0 Å². The highest BCUT2D eigenvalue weighted by molar-refractivity contribution is 5.95. The van der Waals surface area contributed by atoms with Crippen LogP contribution in [-0.2, 0) is 6.54 Å². The Labute approximate surface area is 112 Å². The molecule has 0 bridgehead atoms. The summed E-state index contributed by atoms with van der Waals surface area (Å²) in [5.41, 5.74) is 8.26. The van der Waals surface area contributed by atoms with Crippen LogP contribution in [0.2, 0.25) is 0 Å². The molecule has 0 aliphatic rings. The van der Waals surface area contributed by atoms with Crippen molar-refractivity contribution in [2.45, 2.75) is 26.4 Å². The Morgan fingerprint density at radius 2 is 2.00 bits per heavy atom. The molecule has 19 heavy (non-hydrogen) atoms. The molecular weight excluding hydrogens is 240 g/mol. The van der Waals surface area contributed by atoms with Gasteiger partial charge in [-0.05, 0) is 31.0 Å². The van der Waals surface area contributed by atoms with Crippen LogP contribution in [0.25, 0.3) is 0 Å². The van der Waals surface area contributed by atoms with Crippen molar-refractivity contribution in [1.29, 1.82) is 0 Å². The molecular formula is C15H18N2O2. The summed E-state index contributed by atoms with van der Waals surface area (Å²) < 4.78 is 5.13. The van der Waals surface area contributed by atoms with Gasteiger partial charge < -0.3 is 15.5 Å². The quantitative estimate of drug-likeness (QED) is 0.885. The predicted molar refractivity (Wildman–Crippen MR) is 73.7 cm³/mol. The van der Waals surface area contributed by atoms with Crippen molar-refractivity contribution in [1.82, 2.24) is 5.32 Å². The van der Waals surface area contributed by atoms with Crippen LogP contribution in [-0.4, -0.2) is 5.91 Å². The second kappa shape index (κ2) is 5.71. The minimum atomic E-state index is -0.123. The smallest absolute Gasteiger partial charge is 0.255 e. The molecule has 1 aromatic carbocycles. The minimum absolute atomic E-state index is 0.0615. The first-order chi connectivity index (χ1) is 9.11. The minimum Gasteiger partial charge on any atom is -0.469 e. The molecule has 1 unspecified atom stereocenters. The molecule has 0 saturated carbocycles. The Balaban J connectivity index is 2.06. The Bertz CT molecular complexity index is 558. The summed E-state index contributed by atoms with van der Waals surface area (Å²) in [4.78, 5) is 12.0. The lowest BCUT2D eigenvalue weighted by atomic mass is 10.1. The van der Waals surface area contributed by atoms with E-state index in [2.05, 4.69) is 5.32 Å². The largest absolute Gasteiger partial charge is 0.469 e. The fourth-order valence-electron chi connectivity index (χ4n) is 1.92. The third-order valence-electron chi connectivity index (χ3n) is 3.17. The zero-order valence-electron chi connectivity index (χ0n) is 11.1. The number of hydrogen-bond acceptors (Lipinski definition) is 3. The molecule has 0 spiro atoms. The van der Waals surface area contributed by atoms with Crippen molar-refractivity contribution in [2.75, 3.05) is 0 Å². The van der Waals surface area contributed by atoms with Crippen LogP contribution in [0.5, 0.6) is 0 Å². The van der Waals surface area contributed by atoms with Gasteiger partial charge in [-0.15, -0.1) is 0 Å². The van der Waals surface area contributed by atoms with Crippen LogP contribution in [0.4, 0.5) is 0 Å². The number of benzene rings is 1. The standard InChI is InChI=1S/C15H18N2O2/c1-10(13-5-3-12(9-16)4-6-13)17-15(18)14-7-8-19-11(14)2/h3-8,10H,9,16H2,1-2H3,(H,17,18). The molecule has 2 aromatic rings. The third-order valence-corrected chi connectivity index (χ3v) is 3.17. The Hall–Kier alpha value is -2.07. The number of furan rings is 1. The molecule has 0 aliphatic heterocycles. The zero-order chi connectivity index (χ0) is 13.8. The molecule has 0 saturated heterocycles. The van der Waals surface area contributed by atoms with E-state index in [4.69, 9.17) is 10.2 Å². The number of amides is 1. The van der Waals surface area contributed by atoms with Gasteiger partial charge in [-0.2, -0.15) is 0 Å². The molecule has 4 nitrogen and oxygen atoms in total. The normalized spacial score (nSPS) is 12.2. The van der Waals surface area contributed by atoms with E-state index >= 15 is 0 Å². The first-order valence-corrected chi connectivity index (χ1v) is 6.25. The van der Waals surface area contributed by atoms with Gasteiger partial charge in [0.1, 0.15) is 5.76 Å². The van der Waals surface area contributed by atoms with Gasteiger partial charge in [-0.1, -0.05) is 24.3 Å². The van der Waals surface area contributed by atoms with Crippen molar-refractivity contribution in [3.63, 3.8) is 0 Å². The van der Waals surface area contributed by atoms with Gasteiger partial charge in [0.2, 0.25) is 0 Å². The number of aryl methyl sites for hydroxylation is 1. The second-order valence-electron chi connectivity index (χ2n) is 4.53. The highest BCUT2D eigenvalue weighted by Crippen LogP contribution is 2.15. The molecule has 0 fully saturated rings. The van der Waals surface area contributed by atoms with E-state index in [-0.39, 0.29) is 11.9 Å². The summed E-state index contributed by atoms with van der Waals surface area (Å²) in [7, 11) is 0. The SMILES string of the molecule is Cc1occc1C(=O)NC(C)c1ccc(CN)cc1. The van der Waals surface area contributed by atoms with E-state index in [1.165, 1.54) is 6.26 Å². The number of carbonyl (C=O) groups excluding carboxylic acids is 1. The lowest BCUT2D eigenvalue weighted by Crippen LogP contribution is -2.26. The number of nitrogens with one attached hydrogen (secondary N) is 1. The Morgan fingerprint density at radius 1 is 1.32 bits per heavy atom. The molecule has 2 rings (SSSR count). The number of nitrogens with two attached hydrogens (primary N) is 1. The van der Waals surface area contributed by atoms with Crippen molar-refractivity contribution >= 4 is 5.91 Å². The first kappa shape index (κ1) is 13.4. The van der Waals surface area contributed by atoms with Crippen molar-refractivity contribution in [3.05, 3.63) is 59.0 Å². The van der Waals surface area contributed by atoms with E-state index in [0.717, 1.165) is 11.1 Å². The summed E-state index contributed by atoms with van der Waals surface area (Å²) in [6.07, 6.45) is 1.52. The summed E-state index contributed by atoms with van der Waals surface area (Å²) in [6.45, 7) is 4.25. The molecule has 4 heteroatoms.